The number of fused-ring (bicyclic) bond motifs is 1. The van der Waals surface area contributed by atoms with Crippen LogP contribution in [0.5, 0.6) is 0 Å². The Morgan fingerprint density at radius 2 is 2.15 bits per heavy atom. The lowest BCUT2D eigenvalue weighted by atomic mass is 9.65. The summed E-state index contributed by atoms with van der Waals surface area (Å²) in [5, 5.41) is 13.0. The number of hydrogen-bond donors (Lipinski definition) is 0. The molecule has 2 rings (SSSR count). The molecule has 1 heterocycles. The third-order valence-corrected chi connectivity index (χ3v) is 3.57. The summed E-state index contributed by atoms with van der Waals surface area (Å²) in [5.41, 5.74) is -0.0642. The molecular formula is C10H15NO2. The Kier molecular flexibility index (Phi) is 1.62. The summed E-state index contributed by atoms with van der Waals surface area (Å²) in [6.45, 7) is 6.36. The molecule has 2 aliphatic rings. The van der Waals surface area contributed by atoms with Gasteiger partial charge in [0.2, 0.25) is 0 Å². The Labute approximate surface area is 78.5 Å². The molecule has 0 N–H and O–H groups in total. The van der Waals surface area contributed by atoms with Gasteiger partial charge in [0.1, 0.15) is 11.5 Å². The highest BCUT2D eigenvalue weighted by Gasteiger charge is 2.66. The summed E-state index contributed by atoms with van der Waals surface area (Å²) in [6.07, 6.45) is 2.51. The van der Waals surface area contributed by atoms with Gasteiger partial charge in [-0.15, -0.1) is 0 Å². The van der Waals surface area contributed by atoms with E-state index in [1.807, 2.05) is 0 Å². The lowest BCUT2D eigenvalue weighted by molar-refractivity contribution is 0.143. The quantitative estimate of drug-likeness (QED) is 0.425. The van der Waals surface area contributed by atoms with Crippen molar-refractivity contribution < 1.29 is 4.74 Å². The normalized spacial score (nSPS) is 45.8. The Bertz CT molecular complexity index is 284. The Hall–Kier alpha value is -0.750. The second-order valence-electron chi connectivity index (χ2n) is 4.97. The van der Waals surface area contributed by atoms with Crippen molar-refractivity contribution in [3.8, 4) is 6.07 Å². The smallest absolute Gasteiger partial charge is 0.305 e. The average molecular weight is 181 g/mol. The minimum Gasteiger partial charge on any atom is -0.498 e. The van der Waals surface area contributed by atoms with Crippen molar-refractivity contribution >= 4 is 0 Å². The van der Waals surface area contributed by atoms with Gasteiger partial charge in [0.05, 0.1) is 6.10 Å². The molecule has 0 aromatic carbocycles. The molecule has 0 bridgehead atoms. The third-order valence-electron chi connectivity index (χ3n) is 3.57. The van der Waals surface area contributed by atoms with Gasteiger partial charge in [0, 0.05) is 5.01 Å². The van der Waals surface area contributed by atoms with E-state index in [0.29, 0.717) is 6.10 Å². The summed E-state index contributed by atoms with van der Waals surface area (Å²) in [6, 6.07) is 2.65. The van der Waals surface area contributed by atoms with E-state index in [1.54, 1.807) is 0 Å². The fourth-order valence-electron chi connectivity index (χ4n) is 2.65. The van der Waals surface area contributed by atoms with Crippen LogP contribution in [-0.4, -0.2) is 11.7 Å². The minimum absolute atomic E-state index is 0.0521. The molecule has 72 valence electrons. The molecule has 1 saturated carbocycles. The second-order valence-corrected chi connectivity index (χ2v) is 4.97. The van der Waals surface area contributed by atoms with Gasteiger partial charge >= 0.3 is 6.07 Å². The van der Waals surface area contributed by atoms with Gasteiger partial charge in [-0.2, -0.15) is 0 Å². The van der Waals surface area contributed by atoms with E-state index in [1.165, 1.54) is 0 Å². The van der Waals surface area contributed by atoms with Gasteiger partial charge in [-0.1, -0.05) is 13.8 Å². The summed E-state index contributed by atoms with van der Waals surface area (Å²) in [4.78, 5) is 0. The van der Waals surface area contributed by atoms with Crippen LogP contribution in [0.2, 0.25) is 0 Å². The zero-order valence-corrected chi connectivity index (χ0v) is 8.33. The molecule has 0 aromatic heterocycles. The Morgan fingerprint density at radius 3 is 2.77 bits per heavy atom. The summed E-state index contributed by atoms with van der Waals surface area (Å²) in [7, 11) is 0. The molecule has 3 heteroatoms. The van der Waals surface area contributed by atoms with E-state index >= 15 is 0 Å². The molecule has 0 aromatic rings. The molecule has 3 atom stereocenters. The number of nitrogens with zero attached hydrogens (tertiary/aromatic N) is 1. The summed E-state index contributed by atoms with van der Waals surface area (Å²) < 4.78 is 5.60. The summed E-state index contributed by atoms with van der Waals surface area (Å²) >= 11 is 0. The van der Waals surface area contributed by atoms with E-state index in [-0.39, 0.29) is 16.9 Å². The highest BCUT2D eigenvalue weighted by molar-refractivity contribution is 5.20. The van der Waals surface area contributed by atoms with Crippen LogP contribution in [0.1, 0.15) is 33.6 Å². The lowest BCUT2D eigenvalue weighted by Crippen LogP contribution is -2.39. The maximum atomic E-state index is 10.3. The zero-order chi connectivity index (χ0) is 9.69. The van der Waals surface area contributed by atoms with Crippen molar-refractivity contribution in [1.29, 1.82) is 0 Å². The van der Waals surface area contributed by atoms with Gasteiger partial charge in [-0.05, 0) is 25.2 Å². The van der Waals surface area contributed by atoms with Gasteiger partial charge < -0.3 is 9.94 Å². The predicted molar refractivity (Wildman–Crippen MR) is 50.4 cm³/mol. The number of rotatable bonds is 0. The van der Waals surface area contributed by atoms with E-state index in [4.69, 9.17) is 4.74 Å². The van der Waals surface area contributed by atoms with Crippen LogP contribution in [0, 0.1) is 22.6 Å². The van der Waals surface area contributed by atoms with E-state index in [2.05, 4.69) is 31.8 Å². The van der Waals surface area contributed by atoms with Crippen LogP contribution in [0.25, 0.3) is 5.01 Å². The molecule has 13 heavy (non-hydrogen) atoms. The topological polar surface area (TPSA) is 40.0 Å². The van der Waals surface area contributed by atoms with Crippen molar-refractivity contribution in [3.05, 3.63) is 10.2 Å². The average Bonchev–Trinajstić information content (AvgIpc) is 2.70. The number of hydrogen-bond acceptors (Lipinski definition) is 2. The molecule has 0 amide bonds. The molecule has 3 nitrogen and oxygen atoms in total. The van der Waals surface area contributed by atoms with Crippen LogP contribution >= 0.6 is 0 Å². The maximum Gasteiger partial charge on any atom is 0.305 e. The second kappa shape index (κ2) is 2.39. The standard InChI is InChI=1S/C10H15NO2/c1-9(2)5-4-8-10(3,13-8)7(9)6-11-12/h7-8H,4-5H2,1-3H3. The van der Waals surface area contributed by atoms with Crippen LogP contribution < -0.4 is 0 Å². The maximum absolute atomic E-state index is 10.3. The fraction of sp³-hybridized carbons (Fsp3) is 0.900. The highest BCUT2D eigenvalue weighted by atomic mass is 16.6. The first-order valence-corrected chi connectivity index (χ1v) is 4.76. The monoisotopic (exact) mass is 181 g/mol. The van der Waals surface area contributed by atoms with E-state index in [0.717, 1.165) is 12.8 Å². The van der Waals surface area contributed by atoms with Crippen molar-refractivity contribution in [2.45, 2.75) is 45.3 Å². The fourth-order valence-corrected chi connectivity index (χ4v) is 2.65. The SMILES string of the molecule is CC1(C)CCC2OC2(C)C1C#[N+][O-]. The van der Waals surface area contributed by atoms with Gasteiger partial charge in [0.25, 0.3) is 0 Å². The number of epoxide rings is 1. The third kappa shape index (κ3) is 1.13. The number of ether oxygens (including phenoxy) is 1. The first-order chi connectivity index (χ1) is 6.00. The van der Waals surface area contributed by atoms with E-state index in [9.17, 15) is 5.21 Å². The first-order valence-electron chi connectivity index (χ1n) is 4.76. The van der Waals surface area contributed by atoms with Crippen LogP contribution in [0.4, 0.5) is 0 Å². The molecule has 1 saturated heterocycles. The molecule has 0 spiro atoms. The molecule has 1 aliphatic heterocycles. The van der Waals surface area contributed by atoms with E-state index < -0.39 is 0 Å². The van der Waals surface area contributed by atoms with Crippen molar-refractivity contribution in [3.63, 3.8) is 0 Å². The molecule has 1 aliphatic carbocycles. The predicted octanol–water partition coefficient (Wildman–Crippen LogP) is 2.41. The van der Waals surface area contributed by atoms with Crippen molar-refractivity contribution in [2.24, 2.45) is 11.3 Å². The van der Waals surface area contributed by atoms with Crippen molar-refractivity contribution in [2.75, 3.05) is 0 Å². The largest absolute Gasteiger partial charge is 0.498 e. The first kappa shape index (κ1) is 8.83. The van der Waals surface area contributed by atoms with Gasteiger partial charge in [-0.3, -0.25) is 0 Å². The van der Waals surface area contributed by atoms with Gasteiger partial charge in [0.15, 0.2) is 0 Å². The minimum atomic E-state index is -0.157. The van der Waals surface area contributed by atoms with Crippen LogP contribution in [0.3, 0.4) is 0 Å². The van der Waals surface area contributed by atoms with Gasteiger partial charge in [-0.25, -0.2) is 0 Å². The zero-order valence-electron chi connectivity index (χ0n) is 8.33. The summed E-state index contributed by atoms with van der Waals surface area (Å²) in [5.74, 6) is 0.0521. The Morgan fingerprint density at radius 1 is 1.46 bits per heavy atom. The van der Waals surface area contributed by atoms with Crippen LogP contribution in [0.15, 0.2) is 0 Å². The molecule has 3 unspecified atom stereocenters. The lowest BCUT2D eigenvalue weighted by Gasteiger charge is -2.33. The van der Waals surface area contributed by atoms with Crippen LogP contribution in [-0.2, 0) is 4.74 Å². The highest BCUT2D eigenvalue weighted by Crippen LogP contribution is 2.57. The Balaban J connectivity index is 2.29. The molecular weight excluding hydrogens is 166 g/mol. The van der Waals surface area contributed by atoms with Crippen molar-refractivity contribution in [1.82, 2.24) is 0 Å². The molecule has 2 fully saturated rings. The molecule has 0 radical (unpaired) electrons.